The molecule has 13 N–H and O–H groups in total. The molecule has 0 fully saturated rings. The number of nitrogens with one attached hydrogen (secondary N) is 1. The molecule has 0 radical (unpaired) electrons. The summed E-state index contributed by atoms with van der Waals surface area (Å²) in [7, 11) is 0. The minimum atomic E-state index is -0.819. The Morgan fingerprint density at radius 1 is 0.808 bits per heavy atom. The zero-order valence-electron chi connectivity index (χ0n) is 14.3. The van der Waals surface area contributed by atoms with Crippen LogP contribution in [0.4, 0.5) is 0 Å². The number of carbonyl (C=O) groups is 2. The Morgan fingerprint density at radius 2 is 1.23 bits per heavy atom. The third-order valence-electron chi connectivity index (χ3n) is 2.91. The first-order chi connectivity index (χ1) is 10.7. The number of primary amides is 1. The lowest BCUT2D eigenvalue weighted by Crippen LogP contribution is -2.50. The van der Waals surface area contributed by atoms with Crippen molar-refractivity contribution >= 4 is 61.0 Å². The van der Waals surface area contributed by atoms with Crippen molar-refractivity contribution in [1.29, 1.82) is 0 Å². The number of nitrogens with two attached hydrogens (primary N) is 6. The standard InChI is InChI=1S/C12H27N9O2.3ClH/c13-7(3-1-5-19-11(15)16)10(23)21-8(9(14)22)4-2-6-20-12(17)18;;;/h7-8H,1-6,13H2,(H2,14,22)(H,21,23)(H4,15,16,19)(H4,17,18,20);3*1H. The van der Waals surface area contributed by atoms with Gasteiger partial charge in [-0.2, -0.15) is 0 Å². The summed E-state index contributed by atoms with van der Waals surface area (Å²) in [6.07, 6.45) is 1.73. The molecule has 11 nitrogen and oxygen atoms in total. The fourth-order valence-corrected chi connectivity index (χ4v) is 1.72. The van der Waals surface area contributed by atoms with E-state index in [0.717, 1.165) is 0 Å². The van der Waals surface area contributed by atoms with E-state index in [4.69, 9.17) is 34.4 Å². The molecule has 0 rings (SSSR count). The zero-order valence-corrected chi connectivity index (χ0v) is 16.7. The molecular weight excluding hydrogens is 409 g/mol. The van der Waals surface area contributed by atoms with Crippen molar-refractivity contribution in [1.82, 2.24) is 5.32 Å². The molecule has 156 valence electrons. The van der Waals surface area contributed by atoms with Gasteiger partial charge >= 0.3 is 0 Å². The first kappa shape index (κ1) is 32.0. The lowest BCUT2D eigenvalue weighted by Gasteiger charge is -2.18. The van der Waals surface area contributed by atoms with E-state index >= 15 is 0 Å². The SMILES string of the molecule is Cl.Cl.Cl.NC(=O)C(CCCN=C(N)N)NC(=O)C(N)CCCN=C(N)N. The van der Waals surface area contributed by atoms with Crippen molar-refractivity contribution in [2.45, 2.75) is 37.8 Å². The molecule has 14 heteroatoms. The van der Waals surface area contributed by atoms with Crippen LogP contribution in [0.25, 0.3) is 0 Å². The van der Waals surface area contributed by atoms with E-state index in [1.807, 2.05) is 0 Å². The maximum atomic E-state index is 11.9. The van der Waals surface area contributed by atoms with Gasteiger partial charge in [-0.1, -0.05) is 0 Å². The van der Waals surface area contributed by atoms with E-state index in [0.29, 0.717) is 38.8 Å². The largest absolute Gasteiger partial charge is 0.370 e. The maximum Gasteiger partial charge on any atom is 0.240 e. The smallest absolute Gasteiger partial charge is 0.240 e. The second-order valence-corrected chi connectivity index (χ2v) is 4.97. The van der Waals surface area contributed by atoms with E-state index in [9.17, 15) is 9.59 Å². The first-order valence-corrected chi connectivity index (χ1v) is 7.20. The molecule has 26 heavy (non-hydrogen) atoms. The monoisotopic (exact) mass is 437 g/mol. The molecular formula is C12H30Cl3N9O2. The molecule has 0 aromatic heterocycles. The Hall–Kier alpha value is -1.69. The second-order valence-electron chi connectivity index (χ2n) is 4.97. The van der Waals surface area contributed by atoms with Gasteiger partial charge < -0.3 is 39.7 Å². The highest BCUT2D eigenvalue weighted by Crippen LogP contribution is 2.01. The average molecular weight is 439 g/mol. The molecule has 0 saturated heterocycles. The number of rotatable bonds is 11. The summed E-state index contributed by atoms with van der Waals surface area (Å²) in [6, 6.07) is -1.59. The van der Waals surface area contributed by atoms with Gasteiger partial charge in [0, 0.05) is 13.1 Å². The molecule has 2 atom stereocenters. The molecule has 0 aliphatic heterocycles. The molecule has 0 spiro atoms. The van der Waals surface area contributed by atoms with E-state index in [-0.39, 0.29) is 49.1 Å². The van der Waals surface area contributed by atoms with Crippen LogP contribution in [0.5, 0.6) is 0 Å². The van der Waals surface area contributed by atoms with E-state index in [1.54, 1.807) is 0 Å². The predicted octanol–water partition coefficient (Wildman–Crippen LogP) is -2.34. The number of guanidine groups is 2. The summed E-state index contributed by atoms with van der Waals surface area (Å²) in [5.41, 5.74) is 31.8. The van der Waals surface area contributed by atoms with Crippen LogP contribution in [0.15, 0.2) is 9.98 Å². The quantitative estimate of drug-likeness (QED) is 0.105. The third-order valence-corrected chi connectivity index (χ3v) is 2.91. The minimum Gasteiger partial charge on any atom is -0.370 e. The van der Waals surface area contributed by atoms with Gasteiger partial charge in [-0.25, -0.2) is 0 Å². The van der Waals surface area contributed by atoms with Gasteiger partial charge in [-0.3, -0.25) is 19.6 Å². The topological polar surface area (TPSA) is 227 Å². The highest BCUT2D eigenvalue weighted by Gasteiger charge is 2.21. The summed E-state index contributed by atoms with van der Waals surface area (Å²) in [4.78, 5) is 30.9. The van der Waals surface area contributed by atoms with E-state index in [2.05, 4.69) is 15.3 Å². The molecule has 0 aliphatic rings. The normalized spacial score (nSPS) is 11.3. The average Bonchev–Trinajstić information content (AvgIpc) is 2.45. The number of hydrogen-bond donors (Lipinski definition) is 7. The maximum absolute atomic E-state index is 11.9. The zero-order chi connectivity index (χ0) is 17.8. The summed E-state index contributed by atoms with van der Waals surface area (Å²) in [5, 5.41) is 2.52. The number of hydrogen-bond acceptors (Lipinski definition) is 5. The van der Waals surface area contributed by atoms with Crippen LogP contribution >= 0.6 is 37.2 Å². The lowest BCUT2D eigenvalue weighted by molar-refractivity contribution is -0.128. The van der Waals surface area contributed by atoms with Crippen LogP contribution in [-0.2, 0) is 9.59 Å². The van der Waals surface area contributed by atoms with Gasteiger partial charge in [-0.05, 0) is 25.7 Å². The molecule has 0 saturated carbocycles. The van der Waals surface area contributed by atoms with Crippen molar-refractivity contribution in [3.05, 3.63) is 0 Å². The fraction of sp³-hybridized carbons (Fsp3) is 0.667. The Morgan fingerprint density at radius 3 is 1.62 bits per heavy atom. The number of nitrogens with zero attached hydrogens (tertiary/aromatic N) is 2. The lowest BCUT2D eigenvalue weighted by atomic mass is 10.1. The highest BCUT2D eigenvalue weighted by molar-refractivity contribution is 5.88. The van der Waals surface area contributed by atoms with Gasteiger partial charge in [0.05, 0.1) is 6.04 Å². The van der Waals surface area contributed by atoms with Gasteiger partial charge in [0.1, 0.15) is 6.04 Å². The molecule has 0 heterocycles. The number of carbonyl (C=O) groups excluding carboxylic acids is 2. The minimum absolute atomic E-state index is 0. The van der Waals surface area contributed by atoms with Crippen molar-refractivity contribution in [3.63, 3.8) is 0 Å². The second kappa shape index (κ2) is 18.1. The third kappa shape index (κ3) is 17.1. The van der Waals surface area contributed by atoms with Crippen molar-refractivity contribution in [3.8, 4) is 0 Å². The van der Waals surface area contributed by atoms with Gasteiger partial charge in [-0.15, -0.1) is 37.2 Å². The van der Waals surface area contributed by atoms with Crippen LogP contribution < -0.4 is 39.7 Å². The Labute approximate surface area is 171 Å². The summed E-state index contributed by atoms with van der Waals surface area (Å²) >= 11 is 0. The molecule has 0 aromatic rings. The first-order valence-electron chi connectivity index (χ1n) is 7.20. The Kier molecular flexibility index (Phi) is 22.3. The number of halogens is 3. The van der Waals surface area contributed by atoms with Crippen LogP contribution in [0, 0.1) is 0 Å². The van der Waals surface area contributed by atoms with E-state index < -0.39 is 23.9 Å². The van der Waals surface area contributed by atoms with Gasteiger partial charge in [0.25, 0.3) is 0 Å². The highest BCUT2D eigenvalue weighted by atomic mass is 35.5. The van der Waals surface area contributed by atoms with Crippen LogP contribution in [-0.4, -0.2) is 48.9 Å². The van der Waals surface area contributed by atoms with Crippen molar-refractivity contribution in [2.24, 2.45) is 44.4 Å². The molecule has 2 amide bonds. The van der Waals surface area contributed by atoms with Crippen LogP contribution in [0.2, 0.25) is 0 Å². The van der Waals surface area contributed by atoms with Crippen molar-refractivity contribution in [2.75, 3.05) is 13.1 Å². The van der Waals surface area contributed by atoms with Gasteiger partial charge in [0.2, 0.25) is 11.8 Å². The summed E-state index contributed by atoms with van der Waals surface area (Å²) in [6.45, 7) is 0.716. The molecule has 0 aliphatic carbocycles. The van der Waals surface area contributed by atoms with Gasteiger partial charge in [0.15, 0.2) is 11.9 Å². The summed E-state index contributed by atoms with van der Waals surface area (Å²) in [5.74, 6) is -1.15. The molecule has 0 bridgehead atoms. The Bertz CT molecular complexity index is 455. The molecule has 2 unspecified atom stereocenters. The Balaban J connectivity index is -0.000000807. The van der Waals surface area contributed by atoms with Crippen molar-refractivity contribution < 1.29 is 9.59 Å². The van der Waals surface area contributed by atoms with E-state index in [1.165, 1.54) is 0 Å². The number of aliphatic imine (C=N–C) groups is 2. The molecule has 0 aromatic carbocycles. The predicted molar refractivity (Wildman–Crippen MR) is 111 cm³/mol. The summed E-state index contributed by atoms with van der Waals surface area (Å²) < 4.78 is 0. The number of amides is 2. The fourth-order valence-electron chi connectivity index (χ4n) is 1.72. The van der Waals surface area contributed by atoms with Crippen LogP contribution in [0.1, 0.15) is 25.7 Å². The van der Waals surface area contributed by atoms with Crippen LogP contribution in [0.3, 0.4) is 0 Å².